The molecule has 168 valence electrons. The molecule has 5 rings (SSSR count). The Bertz CT molecular complexity index is 1640. The van der Waals surface area contributed by atoms with Crippen LogP contribution in [0.1, 0.15) is 5.56 Å². The molecule has 3 aromatic carbocycles. The molecule has 0 bridgehead atoms. The summed E-state index contributed by atoms with van der Waals surface area (Å²) < 4.78 is 14.6. The van der Waals surface area contributed by atoms with Crippen molar-refractivity contribution in [1.82, 2.24) is 9.66 Å². The second kappa shape index (κ2) is 9.40. The van der Waals surface area contributed by atoms with Crippen molar-refractivity contribution < 1.29 is 9.15 Å². The van der Waals surface area contributed by atoms with Crippen LogP contribution >= 0.6 is 31.9 Å². The number of nitrogens with zero attached hydrogens (tertiary/aromatic N) is 3. The first-order valence-corrected chi connectivity index (χ1v) is 11.9. The second-order valence-corrected chi connectivity index (χ2v) is 9.17. The minimum absolute atomic E-state index is 0.288. The minimum atomic E-state index is -0.288. The number of hydrogen-bond donors (Lipinski definition) is 0. The summed E-state index contributed by atoms with van der Waals surface area (Å²) in [4.78, 5) is 18.1. The van der Waals surface area contributed by atoms with Crippen LogP contribution < -0.4 is 10.3 Å². The van der Waals surface area contributed by atoms with E-state index in [1.54, 1.807) is 30.5 Å². The number of rotatable bonds is 6. The van der Waals surface area contributed by atoms with Gasteiger partial charge in [0.15, 0.2) is 5.76 Å². The Hall–Kier alpha value is -3.49. The van der Waals surface area contributed by atoms with E-state index in [-0.39, 0.29) is 5.56 Å². The molecule has 0 aliphatic heterocycles. The maximum absolute atomic E-state index is 13.4. The van der Waals surface area contributed by atoms with E-state index in [9.17, 15) is 4.79 Å². The number of benzene rings is 3. The highest BCUT2D eigenvalue weighted by Gasteiger charge is 2.16. The lowest BCUT2D eigenvalue weighted by Gasteiger charge is -2.08. The average Bonchev–Trinajstić information content (AvgIpc) is 3.26. The highest BCUT2D eigenvalue weighted by Crippen LogP contribution is 2.29. The zero-order chi connectivity index (χ0) is 23.7. The molecule has 2 aromatic heterocycles. The summed E-state index contributed by atoms with van der Waals surface area (Å²) >= 11 is 6.98. The highest BCUT2D eigenvalue weighted by atomic mass is 79.9. The van der Waals surface area contributed by atoms with E-state index >= 15 is 0 Å². The number of para-hydroxylation sites is 1. The highest BCUT2D eigenvalue weighted by molar-refractivity contribution is 9.10. The number of ether oxygens (including phenoxy) is 1. The monoisotopic (exact) mass is 577 g/mol. The molecule has 2 heterocycles. The topological polar surface area (TPSA) is 69.6 Å². The Morgan fingerprint density at radius 2 is 1.94 bits per heavy atom. The molecule has 0 aliphatic rings. The van der Waals surface area contributed by atoms with Crippen LogP contribution in [0.25, 0.3) is 33.5 Å². The first kappa shape index (κ1) is 22.3. The predicted octanol–water partition coefficient (Wildman–Crippen LogP) is 6.78. The molecule has 0 amide bonds. The van der Waals surface area contributed by atoms with Gasteiger partial charge in [0.2, 0.25) is 5.82 Å². The summed E-state index contributed by atoms with van der Waals surface area (Å²) in [6.07, 6.45) is 3.28. The molecule has 0 fully saturated rings. The van der Waals surface area contributed by atoms with Crippen molar-refractivity contribution in [3.05, 3.63) is 104 Å². The molecule has 34 heavy (non-hydrogen) atoms. The Morgan fingerprint density at radius 1 is 1.09 bits per heavy atom. The second-order valence-electron chi connectivity index (χ2n) is 7.40. The Balaban J connectivity index is 1.63. The van der Waals surface area contributed by atoms with Gasteiger partial charge in [-0.2, -0.15) is 9.78 Å². The van der Waals surface area contributed by atoms with E-state index in [1.165, 1.54) is 4.68 Å². The van der Waals surface area contributed by atoms with Crippen LogP contribution in [-0.4, -0.2) is 22.5 Å². The standard InChI is InChI=1S/C26H17Br2N3O3/c1-2-11-33-23-9-7-16(12-20(23)28)15-29-31-25(30-21-6-4-3-5-19(21)26(31)32)24-14-17-13-18(27)8-10-22(17)34-24/h2-10,12-15H,1,11H2. The first-order chi connectivity index (χ1) is 16.5. The van der Waals surface area contributed by atoms with Gasteiger partial charge in [-0.15, -0.1) is 0 Å². The molecular formula is C26H17Br2N3O3. The lowest BCUT2D eigenvalue weighted by Crippen LogP contribution is -2.20. The van der Waals surface area contributed by atoms with Crippen LogP contribution in [0.15, 0.2) is 103 Å². The normalized spacial score (nSPS) is 11.5. The summed E-state index contributed by atoms with van der Waals surface area (Å²) in [5.41, 5.74) is 1.75. The number of aromatic nitrogens is 2. The molecule has 0 spiro atoms. The SMILES string of the molecule is C=CCOc1ccc(C=Nn2c(-c3cc4cc(Br)ccc4o3)nc3ccccc3c2=O)cc1Br. The molecule has 0 atom stereocenters. The van der Waals surface area contributed by atoms with Crippen molar-refractivity contribution in [3.63, 3.8) is 0 Å². The Kier molecular flexibility index (Phi) is 6.17. The lowest BCUT2D eigenvalue weighted by atomic mass is 10.2. The third-order valence-corrected chi connectivity index (χ3v) is 6.20. The van der Waals surface area contributed by atoms with Crippen molar-refractivity contribution in [3.8, 4) is 17.3 Å². The van der Waals surface area contributed by atoms with Crippen molar-refractivity contribution in [2.45, 2.75) is 0 Å². The van der Waals surface area contributed by atoms with Gasteiger partial charge in [0.25, 0.3) is 5.56 Å². The molecule has 0 N–H and O–H groups in total. The van der Waals surface area contributed by atoms with Crippen molar-refractivity contribution in [2.24, 2.45) is 5.10 Å². The van der Waals surface area contributed by atoms with Crippen LogP contribution in [0, 0.1) is 0 Å². The van der Waals surface area contributed by atoms with Gasteiger partial charge in [-0.3, -0.25) is 4.79 Å². The van der Waals surface area contributed by atoms with Crippen LogP contribution in [0.2, 0.25) is 0 Å². The van der Waals surface area contributed by atoms with Gasteiger partial charge in [0.1, 0.15) is 17.9 Å². The summed E-state index contributed by atoms with van der Waals surface area (Å²) in [5.74, 6) is 1.45. The third kappa shape index (κ3) is 4.34. The summed E-state index contributed by atoms with van der Waals surface area (Å²) in [6, 6.07) is 20.3. The van der Waals surface area contributed by atoms with Crippen LogP contribution in [0.5, 0.6) is 5.75 Å². The van der Waals surface area contributed by atoms with E-state index in [0.29, 0.717) is 40.4 Å². The van der Waals surface area contributed by atoms with Gasteiger partial charge in [-0.25, -0.2) is 4.98 Å². The summed E-state index contributed by atoms with van der Waals surface area (Å²) in [7, 11) is 0. The van der Waals surface area contributed by atoms with E-state index in [1.807, 2.05) is 48.5 Å². The van der Waals surface area contributed by atoms with E-state index < -0.39 is 0 Å². The zero-order valence-electron chi connectivity index (χ0n) is 17.7. The molecule has 5 aromatic rings. The van der Waals surface area contributed by atoms with Crippen molar-refractivity contribution in [1.29, 1.82) is 0 Å². The van der Waals surface area contributed by atoms with Gasteiger partial charge in [-0.1, -0.05) is 40.7 Å². The summed E-state index contributed by atoms with van der Waals surface area (Å²) in [6.45, 7) is 4.06. The molecule has 0 radical (unpaired) electrons. The molecule has 0 unspecified atom stereocenters. The van der Waals surface area contributed by atoms with E-state index in [2.05, 4.69) is 43.5 Å². The zero-order valence-corrected chi connectivity index (χ0v) is 20.9. The van der Waals surface area contributed by atoms with Crippen molar-refractivity contribution >= 4 is 59.9 Å². The fraction of sp³-hybridized carbons (Fsp3) is 0.0385. The maximum atomic E-state index is 13.4. The molecule has 0 saturated carbocycles. The smallest absolute Gasteiger partial charge is 0.282 e. The number of halogens is 2. The van der Waals surface area contributed by atoms with Gasteiger partial charge >= 0.3 is 0 Å². The molecule has 0 aliphatic carbocycles. The van der Waals surface area contributed by atoms with Gasteiger partial charge in [-0.05, 0) is 76.1 Å². The molecule has 0 saturated heterocycles. The third-order valence-electron chi connectivity index (χ3n) is 5.09. The fourth-order valence-corrected chi connectivity index (χ4v) is 4.39. The largest absolute Gasteiger partial charge is 0.488 e. The Labute approximate surface area is 211 Å². The lowest BCUT2D eigenvalue weighted by molar-refractivity contribution is 0.361. The first-order valence-electron chi connectivity index (χ1n) is 10.3. The van der Waals surface area contributed by atoms with E-state index in [0.717, 1.165) is 19.9 Å². The maximum Gasteiger partial charge on any atom is 0.282 e. The Morgan fingerprint density at radius 3 is 2.76 bits per heavy atom. The fourth-order valence-electron chi connectivity index (χ4n) is 3.50. The molecule has 6 nitrogen and oxygen atoms in total. The predicted molar refractivity (Wildman–Crippen MR) is 142 cm³/mol. The summed E-state index contributed by atoms with van der Waals surface area (Å²) in [5, 5.41) is 5.85. The number of furan rings is 1. The average molecular weight is 579 g/mol. The van der Waals surface area contributed by atoms with E-state index in [4.69, 9.17) is 14.1 Å². The van der Waals surface area contributed by atoms with Gasteiger partial charge < -0.3 is 9.15 Å². The van der Waals surface area contributed by atoms with Crippen LogP contribution in [0.3, 0.4) is 0 Å². The number of fused-ring (bicyclic) bond motifs is 2. The number of hydrogen-bond acceptors (Lipinski definition) is 5. The van der Waals surface area contributed by atoms with Crippen LogP contribution in [0.4, 0.5) is 0 Å². The van der Waals surface area contributed by atoms with Crippen LogP contribution in [-0.2, 0) is 0 Å². The minimum Gasteiger partial charge on any atom is -0.488 e. The van der Waals surface area contributed by atoms with Gasteiger partial charge in [0, 0.05) is 9.86 Å². The van der Waals surface area contributed by atoms with Crippen molar-refractivity contribution in [2.75, 3.05) is 6.61 Å². The van der Waals surface area contributed by atoms with Gasteiger partial charge in [0.05, 0.1) is 21.6 Å². The quantitative estimate of drug-likeness (QED) is 0.164. The molecule has 8 heteroatoms. The molecular weight excluding hydrogens is 562 g/mol.